The van der Waals surface area contributed by atoms with Crippen LogP contribution in [0, 0.1) is 0 Å². The third-order valence-corrected chi connectivity index (χ3v) is 4.50. The van der Waals surface area contributed by atoms with Crippen LogP contribution >= 0.6 is 0 Å². The highest BCUT2D eigenvalue weighted by Gasteiger charge is 2.39. The highest BCUT2D eigenvalue weighted by Crippen LogP contribution is 2.38. The maximum Gasteiger partial charge on any atom is 0.417 e. The van der Waals surface area contributed by atoms with Crippen molar-refractivity contribution in [1.29, 1.82) is 0 Å². The molecule has 1 aliphatic rings. The van der Waals surface area contributed by atoms with Gasteiger partial charge in [0.05, 0.1) is 16.2 Å². The number of rotatable bonds is 0. The molecule has 0 radical (unpaired) electrons. The standard InChI is InChI=1S/C10H9F3O2S/c11-10(12,13)8-5-1-3-7-4-2-6-16(14,15)9(7)8/h1,3,5H,2,4,6H2. The predicted octanol–water partition coefficient (Wildman–Crippen LogP) is 2.43. The number of sulfone groups is 1. The Bertz CT molecular complexity index is 517. The van der Waals surface area contributed by atoms with E-state index < -0.39 is 26.5 Å². The van der Waals surface area contributed by atoms with Crippen molar-refractivity contribution in [3.05, 3.63) is 29.3 Å². The number of alkyl halides is 3. The number of benzene rings is 1. The molecule has 1 aliphatic heterocycles. The summed E-state index contributed by atoms with van der Waals surface area (Å²) in [4.78, 5) is -0.520. The Morgan fingerprint density at radius 2 is 1.88 bits per heavy atom. The van der Waals surface area contributed by atoms with Gasteiger partial charge in [-0.05, 0) is 24.5 Å². The fraction of sp³-hybridized carbons (Fsp3) is 0.400. The van der Waals surface area contributed by atoms with Crippen molar-refractivity contribution in [3.8, 4) is 0 Å². The molecule has 1 heterocycles. The van der Waals surface area contributed by atoms with E-state index in [-0.39, 0.29) is 11.3 Å². The Balaban J connectivity index is 2.76. The van der Waals surface area contributed by atoms with Gasteiger partial charge in [0.25, 0.3) is 0 Å². The lowest BCUT2D eigenvalue weighted by molar-refractivity contribution is -0.140. The Labute approximate surface area is 91.0 Å². The number of hydrogen-bond acceptors (Lipinski definition) is 2. The number of fused-ring (bicyclic) bond motifs is 1. The molecule has 0 aromatic heterocycles. The predicted molar refractivity (Wildman–Crippen MR) is 51.8 cm³/mol. The van der Waals surface area contributed by atoms with E-state index in [9.17, 15) is 21.6 Å². The fourth-order valence-corrected chi connectivity index (χ4v) is 3.74. The van der Waals surface area contributed by atoms with Crippen molar-refractivity contribution in [1.82, 2.24) is 0 Å². The summed E-state index contributed by atoms with van der Waals surface area (Å²) in [6, 6.07) is 3.52. The topological polar surface area (TPSA) is 34.1 Å². The van der Waals surface area contributed by atoms with Crippen LogP contribution in [-0.2, 0) is 22.4 Å². The van der Waals surface area contributed by atoms with Gasteiger partial charge in [-0.3, -0.25) is 0 Å². The van der Waals surface area contributed by atoms with Gasteiger partial charge >= 0.3 is 6.18 Å². The molecule has 2 rings (SSSR count). The summed E-state index contributed by atoms with van der Waals surface area (Å²) in [5.74, 6) is -0.201. The van der Waals surface area contributed by atoms with E-state index in [4.69, 9.17) is 0 Å². The summed E-state index contributed by atoms with van der Waals surface area (Å²) in [6.07, 6.45) is -3.84. The first-order valence-electron chi connectivity index (χ1n) is 4.74. The van der Waals surface area contributed by atoms with Crippen LogP contribution in [-0.4, -0.2) is 14.2 Å². The Kier molecular flexibility index (Phi) is 2.49. The van der Waals surface area contributed by atoms with Crippen molar-refractivity contribution in [2.45, 2.75) is 23.9 Å². The lowest BCUT2D eigenvalue weighted by Gasteiger charge is -2.20. The zero-order chi connectivity index (χ0) is 12.0. The molecular formula is C10H9F3O2S. The molecule has 6 heteroatoms. The molecule has 0 N–H and O–H groups in total. The smallest absolute Gasteiger partial charge is 0.224 e. The van der Waals surface area contributed by atoms with Crippen molar-refractivity contribution < 1.29 is 21.6 Å². The van der Waals surface area contributed by atoms with Gasteiger partial charge in [0.2, 0.25) is 0 Å². The molecule has 0 spiro atoms. The van der Waals surface area contributed by atoms with E-state index in [1.54, 1.807) is 0 Å². The summed E-state index contributed by atoms with van der Waals surface area (Å²) in [5, 5.41) is 0. The minimum atomic E-state index is -4.62. The van der Waals surface area contributed by atoms with Crippen molar-refractivity contribution in [2.24, 2.45) is 0 Å². The summed E-state index contributed by atoms with van der Waals surface area (Å²) in [5.41, 5.74) is -0.759. The molecule has 0 amide bonds. The lowest BCUT2D eigenvalue weighted by Crippen LogP contribution is -2.21. The second kappa shape index (κ2) is 3.48. The maximum absolute atomic E-state index is 12.7. The van der Waals surface area contributed by atoms with E-state index in [0.29, 0.717) is 12.8 Å². The van der Waals surface area contributed by atoms with Gasteiger partial charge in [-0.15, -0.1) is 0 Å². The van der Waals surface area contributed by atoms with E-state index in [0.717, 1.165) is 6.07 Å². The minimum Gasteiger partial charge on any atom is -0.224 e. The summed E-state index contributed by atoms with van der Waals surface area (Å²) in [6.45, 7) is 0. The number of halogens is 3. The summed E-state index contributed by atoms with van der Waals surface area (Å²) < 4.78 is 61.2. The van der Waals surface area contributed by atoms with Gasteiger partial charge in [-0.2, -0.15) is 13.2 Å². The zero-order valence-electron chi connectivity index (χ0n) is 8.21. The van der Waals surface area contributed by atoms with Crippen LogP contribution < -0.4 is 0 Å². The molecule has 0 saturated carbocycles. The molecular weight excluding hydrogens is 241 g/mol. The van der Waals surface area contributed by atoms with Gasteiger partial charge < -0.3 is 0 Å². The molecule has 0 fully saturated rings. The highest BCUT2D eigenvalue weighted by molar-refractivity contribution is 7.91. The van der Waals surface area contributed by atoms with Gasteiger partial charge in [-0.25, -0.2) is 8.42 Å². The third kappa shape index (κ3) is 1.81. The second-order valence-corrected chi connectivity index (χ2v) is 5.76. The normalized spacial score (nSPS) is 19.2. The molecule has 0 saturated heterocycles. The van der Waals surface area contributed by atoms with Gasteiger partial charge in [0, 0.05) is 0 Å². The molecule has 0 bridgehead atoms. The van der Waals surface area contributed by atoms with Crippen LogP contribution in [0.3, 0.4) is 0 Å². The summed E-state index contributed by atoms with van der Waals surface area (Å²) in [7, 11) is -3.78. The first-order chi connectivity index (χ1) is 7.32. The third-order valence-electron chi connectivity index (χ3n) is 2.57. The van der Waals surface area contributed by atoms with Gasteiger partial charge in [0.1, 0.15) is 0 Å². The SMILES string of the molecule is O=S1(=O)CCCc2cccc(C(F)(F)F)c21. The van der Waals surface area contributed by atoms with E-state index in [1.807, 2.05) is 0 Å². The largest absolute Gasteiger partial charge is 0.417 e. The molecule has 16 heavy (non-hydrogen) atoms. The average Bonchev–Trinajstić information content (AvgIpc) is 2.15. The van der Waals surface area contributed by atoms with Gasteiger partial charge in [-0.1, -0.05) is 12.1 Å². The molecule has 2 nitrogen and oxygen atoms in total. The highest BCUT2D eigenvalue weighted by atomic mass is 32.2. The minimum absolute atomic E-state index is 0.201. The second-order valence-electron chi connectivity index (χ2n) is 3.71. The average molecular weight is 250 g/mol. The van der Waals surface area contributed by atoms with Gasteiger partial charge in [0.15, 0.2) is 9.84 Å². The van der Waals surface area contributed by atoms with Crippen molar-refractivity contribution in [3.63, 3.8) is 0 Å². The van der Waals surface area contributed by atoms with Crippen molar-refractivity contribution in [2.75, 3.05) is 5.75 Å². The zero-order valence-corrected chi connectivity index (χ0v) is 9.03. The fourth-order valence-electron chi connectivity index (χ4n) is 1.93. The monoisotopic (exact) mass is 250 g/mol. The molecule has 1 aromatic carbocycles. The molecule has 88 valence electrons. The summed E-state index contributed by atoms with van der Waals surface area (Å²) >= 11 is 0. The first kappa shape index (κ1) is 11.4. The number of aryl methyl sites for hydroxylation is 1. The van der Waals surface area contributed by atoms with Crippen LogP contribution in [0.25, 0.3) is 0 Å². The van der Waals surface area contributed by atoms with Crippen LogP contribution in [0.2, 0.25) is 0 Å². The van der Waals surface area contributed by atoms with Crippen molar-refractivity contribution >= 4 is 9.84 Å². The van der Waals surface area contributed by atoms with Crippen LogP contribution in [0.1, 0.15) is 17.5 Å². The molecule has 1 aromatic rings. The quantitative estimate of drug-likeness (QED) is 0.708. The molecule has 0 atom stereocenters. The molecule has 0 unspecified atom stereocenters. The lowest BCUT2D eigenvalue weighted by atomic mass is 10.1. The Hall–Kier alpha value is -1.04. The van der Waals surface area contributed by atoms with E-state index >= 15 is 0 Å². The van der Waals surface area contributed by atoms with Crippen LogP contribution in [0.15, 0.2) is 23.1 Å². The van der Waals surface area contributed by atoms with E-state index in [2.05, 4.69) is 0 Å². The Morgan fingerprint density at radius 1 is 1.19 bits per heavy atom. The maximum atomic E-state index is 12.7. The van der Waals surface area contributed by atoms with E-state index in [1.165, 1.54) is 12.1 Å². The van der Waals surface area contributed by atoms with Crippen LogP contribution in [0.4, 0.5) is 13.2 Å². The van der Waals surface area contributed by atoms with Crippen LogP contribution in [0.5, 0.6) is 0 Å². The molecule has 0 aliphatic carbocycles. The Morgan fingerprint density at radius 3 is 2.50 bits per heavy atom. The number of hydrogen-bond donors (Lipinski definition) is 0. The first-order valence-corrected chi connectivity index (χ1v) is 6.39.